The zero-order valence-corrected chi connectivity index (χ0v) is 19.5. The number of nitrogens with zero attached hydrogens (tertiary/aromatic N) is 1. The third-order valence-corrected chi connectivity index (χ3v) is 5.62. The molecule has 1 atom stereocenters. The molecule has 0 aliphatic heterocycles. The predicted octanol–water partition coefficient (Wildman–Crippen LogP) is 5.53. The number of hydrogen-bond acceptors (Lipinski definition) is 4. The molecule has 1 aromatic heterocycles. The van der Waals surface area contributed by atoms with Crippen LogP contribution < -0.4 is 16.4 Å². The fourth-order valence-electron chi connectivity index (χ4n) is 3.70. The van der Waals surface area contributed by atoms with Gasteiger partial charge in [0.25, 0.3) is 5.91 Å². The van der Waals surface area contributed by atoms with Crippen LogP contribution >= 0.6 is 0 Å². The van der Waals surface area contributed by atoms with Crippen molar-refractivity contribution in [3.8, 4) is 11.1 Å². The van der Waals surface area contributed by atoms with Crippen LogP contribution in [0.15, 0.2) is 97.2 Å². The van der Waals surface area contributed by atoms with E-state index >= 15 is 0 Å². The lowest BCUT2D eigenvalue weighted by molar-refractivity contribution is -0.137. The van der Waals surface area contributed by atoms with E-state index in [0.717, 1.165) is 17.7 Å². The summed E-state index contributed by atoms with van der Waals surface area (Å²) in [5.41, 5.74) is 7.90. The summed E-state index contributed by atoms with van der Waals surface area (Å²) in [7, 11) is 0. The summed E-state index contributed by atoms with van der Waals surface area (Å²) in [6.45, 7) is 0. The van der Waals surface area contributed by atoms with Gasteiger partial charge in [-0.2, -0.15) is 13.2 Å². The van der Waals surface area contributed by atoms with Crippen molar-refractivity contribution < 1.29 is 22.8 Å². The van der Waals surface area contributed by atoms with Gasteiger partial charge in [-0.1, -0.05) is 48.5 Å². The van der Waals surface area contributed by atoms with Crippen molar-refractivity contribution in [2.24, 2.45) is 5.73 Å². The molecule has 2 amide bonds. The minimum absolute atomic E-state index is 0.281. The molecule has 4 aromatic rings. The SMILES string of the molecule is NC(Cc1ccc(NC(=O)c2ccccc2-c2ccc(C(F)(F)F)cc2)cc1)C(=O)Nc1ccccn1. The molecule has 0 aliphatic carbocycles. The van der Waals surface area contributed by atoms with Gasteiger partial charge in [0.2, 0.25) is 5.91 Å². The summed E-state index contributed by atoms with van der Waals surface area (Å²) in [6.07, 6.45) is -2.59. The molecule has 4 N–H and O–H groups in total. The summed E-state index contributed by atoms with van der Waals surface area (Å²) < 4.78 is 38.7. The zero-order valence-electron chi connectivity index (χ0n) is 19.5. The molecule has 4 rings (SSSR count). The monoisotopic (exact) mass is 504 g/mol. The number of rotatable bonds is 7. The third kappa shape index (κ3) is 6.59. The van der Waals surface area contributed by atoms with E-state index in [1.807, 2.05) is 0 Å². The lowest BCUT2D eigenvalue weighted by atomic mass is 9.98. The van der Waals surface area contributed by atoms with E-state index in [2.05, 4.69) is 15.6 Å². The standard InChI is InChI=1S/C28H23F3N4O2/c29-28(30,31)20-12-10-19(11-13-20)22-5-1-2-6-23(22)26(36)34-21-14-8-18(9-15-21)17-24(32)27(37)35-25-7-3-4-16-33-25/h1-16,24H,17,32H2,(H,34,36)(H,33,35,37). The second-order valence-electron chi connectivity index (χ2n) is 8.29. The van der Waals surface area contributed by atoms with Gasteiger partial charge in [0, 0.05) is 17.4 Å². The van der Waals surface area contributed by atoms with Crippen molar-refractivity contribution in [1.29, 1.82) is 0 Å². The fourth-order valence-corrected chi connectivity index (χ4v) is 3.70. The van der Waals surface area contributed by atoms with Crippen LogP contribution in [0.5, 0.6) is 0 Å². The molecule has 37 heavy (non-hydrogen) atoms. The molecule has 0 bridgehead atoms. The van der Waals surface area contributed by atoms with Gasteiger partial charge in [0.15, 0.2) is 0 Å². The van der Waals surface area contributed by atoms with E-state index in [-0.39, 0.29) is 12.3 Å². The number of anilines is 2. The molecule has 0 spiro atoms. The first kappa shape index (κ1) is 25.6. The van der Waals surface area contributed by atoms with Crippen molar-refractivity contribution in [1.82, 2.24) is 4.98 Å². The quantitative estimate of drug-likeness (QED) is 0.308. The smallest absolute Gasteiger partial charge is 0.322 e. The lowest BCUT2D eigenvalue weighted by Crippen LogP contribution is -2.37. The van der Waals surface area contributed by atoms with E-state index in [0.29, 0.717) is 28.2 Å². The Kier molecular flexibility index (Phi) is 7.64. The Morgan fingerprint density at radius 1 is 0.838 bits per heavy atom. The molecular weight excluding hydrogens is 481 g/mol. The molecule has 9 heteroatoms. The van der Waals surface area contributed by atoms with Crippen LogP contribution in [0.4, 0.5) is 24.7 Å². The van der Waals surface area contributed by atoms with Crippen molar-refractivity contribution in [3.63, 3.8) is 0 Å². The van der Waals surface area contributed by atoms with Crippen molar-refractivity contribution in [2.75, 3.05) is 10.6 Å². The Balaban J connectivity index is 1.41. The number of carbonyl (C=O) groups excluding carboxylic acids is 2. The molecule has 0 aliphatic rings. The van der Waals surface area contributed by atoms with Crippen molar-refractivity contribution >= 4 is 23.3 Å². The van der Waals surface area contributed by atoms with Crippen LogP contribution in [-0.4, -0.2) is 22.8 Å². The summed E-state index contributed by atoms with van der Waals surface area (Å²) >= 11 is 0. The normalized spacial score (nSPS) is 12.0. The second-order valence-corrected chi connectivity index (χ2v) is 8.29. The van der Waals surface area contributed by atoms with Gasteiger partial charge in [0.1, 0.15) is 5.82 Å². The van der Waals surface area contributed by atoms with Gasteiger partial charge in [-0.05, 0) is 65.6 Å². The van der Waals surface area contributed by atoms with Gasteiger partial charge in [-0.3, -0.25) is 9.59 Å². The number of hydrogen-bond donors (Lipinski definition) is 3. The number of carbonyl (C=O) groups is 2. The number of amides is 2. The lowest BCUT2D eigenvalue weighted by Gasteiger charge is -2.13. The Morgan fingerprint density at radius 2 is 1.51 bits per heavy atom. The molecular formula is C28H23F3N4O2. The fraction of sp³-hybridized carbons (Fsp3) is 0.107. The van der Waals surface area contributed by atoms with Gasteiger partial charge >= 0.3 is 6.18 Å². The largest absolute Gasteiger partial charge is 0.416 e. The molecule has 0 saturated heterocycles. The predicted molar refractivity (Wildman–Crippen MR) is 136 cm³/mol. The Morgan fingerprint density at radius 3 is 2.16 bits per heavy atom. The number of benzene rings is 3. The summed E-state index contributed by atoms with van der Waals surface area (Å²) in [6, 6.07) is 22.6. The van der Waals surface area contributed by atoms with Gasteiger partial charge in [0.05, 0.1) is 11.6 Å². The van der Waals surface area contributed by atoms with Crippen LogP contribution in [0.25, 0.3) is 11.1 Å². The van der Waals surface area contributed by atoms with E-state index in [1.165, 1.54) is 12.1 Å². The first-order valence-electron chi connectivity index (χ1n) is 11.3. The second kappa shape index (κ2) is 11.0. The number of nitrogens with two attached hydrogens (primary N) is 1. The molecule has 3 aromatic carbocycles. The Labute approximate surface area is 211 Å². The number of pyridine rings is 1. The van der Waals surface area contributed by atoms with Crippen LogP contribution in [0.3, 0.4) is 0 Å². The highest BCUT2D eigenvalue weighted by molar-refractivity contribution is 6.08. The molecule has 6 nitrogen and oxygen atoms in total. The van der Waals surface area contributed by atoms with E-state index in [9.17, 15) is 22.8 Å². The summed E-state index contributed by atoms with van der Waals surface area (Å²) in [4.78, 5) is 29.3. The van der Waals surface area contributed by atoms with Gasteiger partial charge in [-0.25, -0.2) is 4.98 Å². The van der Waals surface area contributed by atoms with Crippen LogP contribution in [-0.2, 0) is 17.4 Å². The van der Waals surface area contributed by atoms with Gasteiger partial charge in [-0.15, -0.1) is 0 Å². The maximum atomic E-state index is 13.0. The highest BCUT2D eigenvalue weighted by atomic mass is 19.4. The van der Waals surface area contributed by atoms with Crippen LogP contribution in [0.2, 0.25) is 0 Å². The van der Waals surface area contributed by atoms with Crippen molar-refractivity contribution in [3.05, 3.63) is 114 Å². The third-order valence-electron chi connectivity index (χ3n) is 5.62. The number of alkyl halides is 3. The van der Waals surface area contributed by atoms with E-state index in [4.69, 9.17) is 5.73 Å². The first-order valence-corrected chi connectivity index (χ1v) is 11.3. The maximum absolute atomic E-state index is 13.0. The molecule has 188 valence electrons. The molecule has 0 radical (unpaired) electrons. The highest BCUT2D eigenvalue weighted by Crippen LogP contribution is 2.32. The number of aromatic nitrogens is 1. The first-order chi connectivity index (χ1) is 17.7. The molecule has 1 heterocycles. The van der Waals surface area contributed by atoms with Crippen LogP contribution in [0, 0.1) is 0 Å². The van der Waals surface area contributed by atoms with E-state index in [1.54, 1.807) is 72.9 Å². The average molecular weight is 505 g/mol. The molecule has 0 saturated carbocycles. The minimum Gasteiger partial charge on any atom is -0.322 e. The topological polar surface area (TPSA) is 97.1 Å². The van der Waals surface area contributed by atoms with Gasteiger partial charge < -0.3 is 16.4 Å². The summed E-state index contributed by atoms with van der Waals surface area (Å²) in [5, 5.41) is 5.46. The molecule has 1 unspecified atom stereocenters. The Hall–Kier alpha value is -4.50. The van der Waals surface area contributed by atoms with E-state index < -0.39 is 23.7 Å². The van der Waals surface area contributed by atoms with Crippen molar-refractivity contribution in [2.45, 2.75) is 18.6 Å². The Bertz CT molecular complexity index is 1370. The summed E-state index contributed by atoms with van der Waals surface area (Å²) in [5.74, 6) is -0.358. The number of nitrogens with one attached hydrogen (secondary N) is 2. The molecule has 0 fully saturated rings. The number of halogens is 3. The minimum atomic E-state index is -4.44. The van der Waals surface area contributed by atoms with Crippen LogP contribution in [0.1, 0.15) is 21.5 Å². The zero-order chi connectivity index (χ0) is 26.4. The maximum Gasteiger partial charge on any atom is 0.416 e. The highest BCUT2D eigenvalue weighted by Gasteiger charge is 2.30. The average Bonchev–Trinajstić information content (AvgIpc) is 2.90.